The van der Waals surface area contributed by atoms with Crippen molar-refractivity contribution in [2.75, 3.05) is 4.90 Å². The monoisotopic (exact) mass is 730 g/mol. The van der Waals surface area contributed by atoms with E-state index in [9.17, 15) is 0 Å². The lowest BCUT2D eigenvalue weighted by Gasteiger charge is -2.28. The van der Waals surface area contributed by atoms with Crippen LogP contribution in [-0.4, -0.2) is 4.98 Å². The summed E-state index contributed by atoms with van der Waals surface area (Å²) in [4.78, 5) is 7.14. The summed E-state index contributed by atoms with van der Waals surface area (Å²) in [5.74, 6) is 0.605. The predicted molar refractivity (Wildman–Crippen MR) is 235 cm³/mol. The molecule has 0 unspecified atom stereocenters. The number of furan rings is 1. The summed E-state index contributed by atoms with van der Waals surface area (Å²) < 4.78 is 12.6. The van der Waals surface area contributed by atoms with Crippen LogP contribution in [0.25, 0.3) is 88.6 Å². The molecular formula is C53H34N2O2. The van der Waals surface area contributed by atoms with Crippen LogP contribution in [0.1, 0.15) is 0 Å². The molecule has 0 radical (unpaired) electrons. The summed E-state index contributed by atoms with van der Waals surface area (Å²) in [6.07, 6.45) is 0. The Kier molecular flexibility index (Phi) is 7.78. The molecule has 0 aliphatic heterocycles. The highest BCUT2D eigenvalue weighted by atomic mass is 16.4. The van der Waals surface area contributed by atoms with Crippen LogP contribution < -0.4 is 4.90 Å². The highest BCUT2D eigenvalue weighted by molar-refractivity contribution is 6.09. The van der Waals surface area contributed by atoms with E-state index in [1.807, 2.05) is 36.4 Å². The smallest absolute Gasteiger partial charge is 0.227 e. The van der Waals surface area contributed by atoms with Crippen molar-refractivity contribution >= 4 is 60.9 Å². The van der Waals surface area contributed by atoms with E-state index in [0.717, 1.165) is 66.8 Å². The molecule has 4 nitrogen and oxygen atoms in total. The standard InChI is InChI=1S/C53H34N2O2/c1-3-12-38(13-4-1)45-17-9-10-18-49(45)55(43-26-21-36(22-27-43)41-20-19-35-11-7-8-16-40(35)31-41)44-28-23-37(24-29-44)42-25-30-46-47-33-48-52(34-51(47)56-50(46)32-42)57-53(54-48)39-14-5-2-6-15-39/h1-34H. The van der Waals surface area contributed by atoms with Crippen LogP contribution in [0.4, 0.5) is 17.1 Å². The Bertz CT molecular complexity index is 3220. The molecule has 268 valence electrons. The molecule has 0 spiro atoms. The number of hydrogen-bond donors (Lipinski definition) is 0. The highest BCUT2D eigenvalue weighted by Crippen LogP contribution is 2.42. The van der Waals surface area contributed by atoms with E-state index in [1.54, 1.807) is 0 Å². The molecule has 2 aromatic heterocycles. The van der Waals surface area contributed by atoms with Crippen molar-refractivity contribution < 1.29 is 8.83 Å². The number of rotatable bonds is 7. The second-order valence-electron chi connectivity index (χ2n) is 14.4. The molecule has 9 aromatic carbocycles. The zero-order valence-electron chi connectivity index (χ0n) is 30.8. The van der Waals surface area contributed by atoms with Gasteiger partial charge in [0.1, 0.15) is 16.7 Å². The minimum atomic E-state index is 0.605. The number of aromatic nitrogens is 1. The van der Waals surface area contributed by atoms with Gasteiger partial charge in [-0.2, -0.15) is 0 Å². The van der Waals surface area contributed by atoms with E-state index in [4.69, 9.17) is 13.8 Å². The van der Waals surface area contributed by atoms with E-state index in [0.29, 0.717) is 11.5 Å². The molecule has 0 fully saturated rings. The average Bonchev–Trinajstić information content (AvgIpc) is 3.87. The predicted octanol–water partition coefficient (Wildman–Crippen LogP) is 15.0. The van der Waals surface area contributed by atoms with Crippen molar-refractivity contribution in [3.05, 3.63) is 206 Å². The van der Waals surface area contributed by atoms with Gasteiger partial charge in [-0.3, -0.25) is 0 Å². The van der Waals surface area contributed by atoms with Gasteiger partial charge in [0, 0.05) is 39.3 Å². The van der Waals surface area contributed by atoms with E-state index < -0.39 is 0 Å². The van der Waals surface area contributed by atoms with Crippen molar-refractivity contribution in [3.63, 3.8) is 0 Å². The molecule has 0 saturated carbocycles. The van der Waals surface area contributed by atoms with Gasteiger partial charge in [0.25, 0.3) is 0 Å². The first-order valence-electron chi connectivity index (χ1n) is 19.2. The summed E-state index contributed by atoms with van der Waals surface area (Å²) in [5, 5.41) is 4.55. The van der Waals surface area contributed by atoms with Crippen LogP contribution in [-0.2, 0) is 0 Å². The van der Waals surface area contributed by atoms with Gasteiger partial charge in [-0.15, -0.1) is 0 Å². The Labute approximate surface area is 329 Å². The normalized spacial score (nSPS) is 11.5. The molecule has 11 rings (SSSR count). The van der Waals surface area contributed by atoms with Crippen molar-refractivity contribution in [1.29, 1.82) is 0 Å². The average molecular weight is 731 g/mol. The third-order valence-electron chi connectivity index (χ3n) is 10.9. The summed E-state index contributed by atoms with van der Waals surface area (Å²) in [6, 6.07) is 72.6. The molecule has 0 aliphatic rings. The van der Waals surface area contributed by atoms with Gasteiger partial charge in [0.15, 0.2) is 5.58 Å². The lowest BCUT2D eigenvalue weighted by molar-refractivity contribution is 0.617. The fourth-order valence-corrected chi connectivity index (χ4v) is 8.01. The number of oxazole rings is 1. The Morgan fingerprint density at radius 2 is 0.930 bits per heavy atom. The van der Waals surface area contributed by atoms with Crippen LogP contribution in [0.5, 0.6) is 0 Å². The van der Waals surface area contributed by atoms with Gasteiger partial charge in [-0.25, -0.2) is 4.98 Å². The van der Waals surface area contributed by atoms with Crippen molar-refractivity contribution in [3.8, 4) is 44.8 Å². The van der Waals surface area contributed by atoms with Gasteiger partial charge in [0.2, 0.25) is 5.89 Å². The summed E-state index contributed by atoms with van der Waals surface area (Å²) in [6.45, 7) is 0. The topological polar surface area (TPSA) is 42.4 Å². The molecule has 0 saturated heterocycles. The quantitative estimate of drug-likeness (QED) is 0.164. The van der Waals surface area contributed by atoms with Gasteiger partial charge in [-0.1, -0.05) is 133 Å². The SMILES string of the molecule is c1ccc(-c2nc3cc4c(cc3o2)oc2cc(-c3ccc(N(c5ccc(-c6ccc7ccccc7c6)cc5)c5ccccc5-c5ccccc5)cc3)ccc24)cc1. The minimum absolute atomic E-state index is 0.605. The molecule has 0 atom stereocenters. The molecule has 11 aromatic rings. The second kappa shape index (κ2) is 13.6. The number of hydrogen-bond acceptors (Lipinski definition) is 4. The number of anilines is 3. The molecule has 2 heterocycles. The van der Waals surface area contributed by atoms with Gasteiger partial charge in [-0.05, 0) is 105 Å². The number of fused-ring (bicyclic) bond motifs is 5. The third kappa shape index (κ3) is 5.92. The zero-order chi connectivity index (χ0) is 37.7. The fraction of sp³-hybridized carbons (Fsp3) is 0. The lowest BCUT2D eigenvalue weighted by atomic mass is 9.99. The van der Waals surface area contributed by atoms with Gasteiger partial charge >= 0.3 is 0 Å². The van der Waals surface area contributed by atoms with Gasteiger partial charge < -0.3 is 13.7 Å². The second-order valence-corrected chi connectivity index (χ2v) is 14.4. The highest BCUT2D eigenvalue weighted by Gasteiger charge is 2.19. The minimum Gasteiger partial charge on any atom is -0.456 e. The Balaban J connectivity index is 0.957. The largest absolute Gasteiger partial charge is 0.456 e. The van der Waals surface area contributed by atoms with Crippen LogP contribution in [0, 0.1) is 0 Å². The van der Waals surface area contributed by atoms with E-state index >= 15 is 0 Å². The number of benzene rings is 9. The van der Waals surface area contributed by atoms with Crippen molar-refractivity contribution in [1.82, 2.24) is 4.98 Å². The van der Waals surface area contributed by atoms with Crippen LogP contribution in [0.15, 0.2) is 215 Å². The van der Waals surface area contributed by atoms with E-state index in [-0.39, 0.29) is 0 Å². The fourth-order valence-electron chi connectivity index (χ4n) is 8.01. The molecule has 0 N–H and O–H groups in total. The lowest BCUT2D eigenvalue weighted by Crippen LogP contribution is -2.11. The van der Waals surface area contributed by atoms with E-state index in [2.05, 4.69) is 175 Å². The van der Waals surface area contributed by atoms with Crippen molar-refractivity contribution in [2.24, 2.45) is 0 Å². The maximum Gasteiger partial charge on any atom is 0.227 e. The Hall–Kier alpha value is -7.69. The Morgan fingerprint density at radius 1 is 0.351 bits per heavy atom. The zero-order valence-corrected chi connectivity index (χ0v) is 30.8. The summed E-state index contributed by atoms with van der Waals surface area (Å²) >= 11 is 0. The third-order valence-corrected chi connectivity index (χ3v) is 10.9. The van der Waals surface area contributed by atoms with Gasteiger partial charge in [0.05, 0.1) is 5.69 Å². The molecule has 57 heavy (non-hydrogen) atoms. The van der Waals surface area contributed by atoms with E-state index in [1.165, 1.54) is 27.5 Å². The first-order chi connectivity index (χ1) is 28.2. The molecule has 0 aliphatic carbocycles. The maximum absolute atomic E-state index is 6.44. The first kappa shape index (κ1) is 32.7. The molecule has 0 amide bonds. The number of nitrogens with zero attached hydrogens (tertiary/aromatic N) is 2. The summed E-state index contributed by atoms with van der Waals surface area (Å²) in [5.41, 5.74) is 14.2. The van der Waals surface area contributed by atoms with Crippen LogP contribution in [0.3, 0.4) is 0 Å². The summed E-state index contributed by atoms with van der Waals surface area (Å²) in [7, 11) is 0. The molecule has 0 bridgehead atoms. The molecule has 4 heteroatoms. The molecular weight excluding hydrogens is 697 g/mol. The number of para-hydroxylation sites is 1. The first-order valence-corrected chi connectivity index (χ1v) is 19.2. The maximum atomic E-state index is 6.44. The Morgan fingerprint density at radius 3 is 1.67 bits per heavy atom. The van der Waals surface area contributed by atoms with Crippen LogP contribution in [0.2, 0.25) is 0 Å². The van der Waals surface area contributed by atoms with Crippen LogP contribution >= 0.6 is 0 Å². The van der Waals surface area contributed by atoms with Crippen molar-refractivity contribution in [2.45, 2.75) is 0 Å².